The first-order valence-electron chi connectivity index (χ1n) is 17.9. The number of hydrogen-bond donors (Lipinski definition) is 0. The fourth-order valence-electron chi connectivity index (χ4n) is 7.08. The molecule has 1 aromatic heterocycles. The smallest absolute Gasteiger partial charge is 0.136 e. The van der Waals surface area contributed by atoms with Crippen molar-refractivity contribution in [3.63, 3.8) is 0 Å². The molecule has 0 bridgehead atoms. The number of rotatable bonds is 9. The van der Waals surface area contributed by atoms with Crippen LogP contribution in [0, 0.1) is 0 Å². The summed E-state index contributed by atoms with van der Waals surface area (Å²) in [4.78, 5) is 4.59. The lowest BCUT2D eigenvalue weighted by molar-refractivity contribution is 0.616. The monoisotopic (exact) mass is 680 g/mol. The van der Waals surface area contributed by atoms with E-state index in [1.807, 2.05) is 24.5 Å². The number of para-hydroxylation sites is 2. The maximum atomic E-state index is 5.99. The van der Waals surface area contributed by atoms with Crippen LogP contribution in [0.5, 0.6) is 0 Å². The van der Waals surface area contributed by atoms with Crippen molar-refractivity contribution in [2.75, 3.05) is 9.80 Å². The van der Waals surface area contributed by atoms with Gasteiger partial charge in [-0.05, 0) is 106 Å². The van der Waals surface area contributed by atoms with Gasteiger partial charge in [0.1, 0.15) is 11.8 Å². The number of hydrogen-bond acceptors (Lipinski definition) is 3. The van der Waals surface area contributed by atoms with Gasteiger partial charge in [-0.3, -0.25) is 0 Å². The van der Waals surface area contributed by atoms with Crippen LogP contribution < -0.4 is 9.80 Å². The minimum Gasteiger partial charge on any atom is -0.462 e. The van der Waals surface area contributed by atoms with Crippen LogP contribution in [0.3, 0.4) is 0 Å². The Hall–Kier alpha value is -7.10. The van der Waals surface area contributed by atoms with Gasteiger partial charge in [0, 0.05) is 33.8 Å². The average molecular weight is 681 g/mol. The number of benzene rings is 8. The van der Waals surface area contributed by atoms with Gasteiger partial charge in [0.25, 0.3) is 0 Å². The summed E-state index contributed by atoms with van der Waals surface area (Å²) in [7, 11) is 0. The van der Waals surface area contributed by atoms with E-state index < -0.39 is 0 Å². The molecule has 252 valence electrons. The SMILES string of the molecule is c1ccc(-c2ccc(N(c3ccc(-c4ccccc4)cc3)c3cccc(-c4ccc(N(c5ccccc5)c5coc6ccccc56)cc4)c3)cc2)cc1. The molecule has 0 radical (unpaired) electrons. The van der Waals surface area contributed by atoms with Crippen molar-refractivity contribution >= 4 is 45.1 Å². The predicted octanol–water partition coefficient (Wildman–Crippen LogP) is 14.4. The zero-order valence-corrected chi connectivity index (χ0v) is 29.1. The quantitative estimate of drug-likeness (QED) is 0.151. The molecule has 9 rings (SSSR count). The molecule has 0 N–H and O–H groups in total. The highest BCUT2D eigenvalue weighted by molar-refractivity contribution is 5.96. The fraction of sp³-hybridized carbons (Fsp3) is 0. The predicted molar refractivity (Wildman–Crippen MR) is 222 cm³/mol. The van der Waals surface area contributed by atoms with Gasteiger partial charge in [0.2, 0.25) is 0 Å². The summed E-state index contributed by atoms with van der Waals surface area (Å²) in [5.41, 5.74) is 14.3. The standard InChI is InChI=1S/C50H36N2O/c1-4-13-37(14-5-1)39-23-29-44(30-24-39)51(45-31-25-40(26-32-45)38-15-6-2-7-16-38)47-20-12-17-42(35-47)41-27-33-46(34-28-41)52(43-18-8-3-9-19-43)49-36-53-50-22-11-10-21-48(49)50/h1-36H. The molecule has 0 fully saturated rings. The first kappa shape index (κ1) is 31.9. The van der Waals surface area contributed by atoms with Gasteiger partial charge in [-0.2, -0.15) is 0 Å². The van der Waals surface area contributed by atoms with Crippen LogP contribution >= 0.6 is 0 Å². The van der Waals surface area contributed by atoms with Gasteiger partial charge >= 0.3 is 0 Å². The molecule has 9 aromatic rings. The van der Waals surface area contributed by atoms with Crippen LogP contribution in [0.15, 0.2) is 223 Å². The topological polar surface area (TPSA) is 19.6 Å². The van der Waals surface area contributed by atoms with E-state index in [1.54, 1.807) is 0 Å². The molecule has 0 unspecified atom stereocenters. The Morgan fingerprint density at radius 2 is 0.679 bits per heavy atom. The van der Waals surface area contributed by atoms with E-state index in [2.05, 4.69) is 204 Å². The van der Waals surface area contributed by atoms with Crippen molar-refractivity contribution in [3.05, 3.63) is 219 Å². The number of furan rings is 1. The van der Waals surface area contributed by atoms with Crippen molar-refractivity contribution < 1.29 is 4.42 Å². The van der Waals surface area contributed by atoms with Crippen LogP contribution in [-0.2, 0) is 0 Å². The Morgan fingerprint density at radius 1 is 0.283 bits per heavy atom. The minimum atomic E-state index is 0.867. The lowest BCUT2D eigenvalue weighted by Crippen LogP contribution is -2.10. The number of nitrogens with zero attached hydrogens (tertiary/aromatic N) is 2. The van der Waals surface area contributed by atoms with Crippen molar-refractivity contribution in [1.82, 2.24) is 0 Å². The molecular formula is C50H36N2O. The first-order valence-corrected chi connectivity index (χ1v) is 17.9. The molecule has 0 aliphatic carbocycles. The number of fused-ring (bicyclic) bond motifs is 1. The maximum absolute atomic E-state index is 5.99. The molecule has 1 heterocycles. The Labute approximate surface area is 310 Å². The molecule has 0 amide bonds. The van der Waals surface area contributed by atoms with E-state index in [0.717, 1.165) is 56.2 Å². The molecule has 3 heteroatoms. The first-order chi connectivity index (χ1) is 26.3. The molecule has 3 nitrogen and oxygen atoms in total. The summed E-state index contributed by atoms with van der Waals surface area (Å²) in [6, 6.07) is 75.0. The van der Waals surface area contributed by atoms with Crippen LogP contribution in [0.1, 0.15) is 0 Å². The second-order valence-electron chi connectivity index (χ2n) is 13.0. The van der Waals surface area contributed by atoms with Crippen LogP contribution in [0.25, 0.3) is 44.3 Å². The third kappa shape index (κ3) is 6.48. The van der Waals surface area contributed by atoms with E-state index in [4.69, 9.17) is 4.42 Å². The molecule has 8 aromatic carbocycles. The molecule has 0 saturated carbocycles. The summed E-state index contributed by atoms with van der Waals surface area (Å²) in [5.74, 6) is 0. The van der Waals surface area contributed by atoms with E-state index in [-0.39, 0.29) is 0 Å². The van der Waals surface area contributed by atoms with Gasteiger partial charge < -0.3 is 14.2 Å². The highest BCUT2D eigenvalue weighted by Gasteiger charge is 2.18. The molecule has 0 atom stereocenters. The summed E-state index contributed by atoms with van der Waals surface area (Å²) >= 11 is 0. The summed E-state index contributed by atoms with van der Waals surface area (Å²) in [6.45, 7) is 0. The third-order valence-electron chi connectivity index (χ3n) is 9.74. The van der Waals surface area contributed by atoms with Crippen molar-refractivity contribution in [2.45, 2.75) is 0 Å². The fourth-order valence-corrected chi connectivity index (χ4v) is 7.08. The largest absolute Gasteiger partial charge is 0.462 e. The second kappa shape index (κ2) is 14.3. The van der Waals surface area contributed by atoms with Gasteiger partial charge in [-0.25, -0.2) is 0 Å². The van der Waals surface area contributed by atoms with E-state index in [9.17, 15) is 0 Å². The minimum absolute atomic E-state index is 0.867. The van der Waals surface area contributed by atoms with Crippen molar-refractivity contribution in [3.8, 4) is 33.4 Å². The highest BCUT2D eigenvalue weighted by Crippen LogP contribution is 2.42. The third-order valence-corrected chi connectivity index (χ3v) is 9.74. The molecular weight excluding hydrogens is 645 g/mol. The normalized spacial score (nSPS) is 11.0. The summed E-state index contributed by atoms with van der Waals surface area (Å²) in [5, 5.41) is 1.07. The van der Waals surface area contributed by atoms with Gasteiger partial charge in [0.05, 0.1) is 5.69 Å². The van der Waals surface area contributed by atoms with Gasteiger partial charge in [-0.1, -0.05) is 140 Å². The molecule has 0 aliphatic heterocycles. The van der Waals surface area contributed by atoms with E-state index in [0.29, 0.717) is 0 Å². The van der Waals surface area contributed by atoms with Crippen LogP contribution in [0.2, 0.25) is 0 Å². The molecule has 0 saturated heterocycles. The Morgan fingerprint density at radius 3 is 1.25 bits per heavy atom. The summed E-state index contributed by atoms with van der Waals surface area (Å²) < 4.78 is 5.99. The Balaban J connectivity index is 1.08. The van der Waals surface area contributed by atoms with E-state index >= 15 is 0 Å². The van der Waals surface area contributed by atoms with E-state index in [1.165, 1.54) is 22.3 Å². The van der Waals surface area contributed by atoms with Gasteiger partial charge in [-0.15, -0.1) is 0 Å². The molecule has 0 aliphatic rings. The second-order valence-corrected chi connectivity index (χ2v) is 13.0. The molecule has 0 spiro atoms. The van der Waals surface area contributed by atoms with Crippen molar-refractivity contribution in [2.24, 2.45) is 0 Å². The lowest BCUT2D eigenvalue weighted by atomic mass is 10.0. The average Bonchev–Trinajstić information content (AvgIpc) is 3.67. The van der Waals surface area contributed by atoms with Crippen LogP contribution in [0.4, 0.5) is 34.1 Å². The Bertz CT molecular complexity index is 2490. The lowest BCUT2D eigenvalue weighted by Gasteiger charge is -2.27. The van der Waals surface area contributed by atoms with Crippen molar-refractivity contribution in [1.29, 1.82) is 0 Å². The maximum Gasteiger partial charge on any atom is 0.136 e. The van der Waals surface area contributed by atoms with Crippen LogP contribution in [-0.4, -0.2) is 0 Å². The van der Waals surface area contributed by atoms with Gasteiger partial charge in [0.15, 0.2) is 0 Å². The summed E-state index contributed by atoms with van der Waals surface area (Å²) in [6.07, 6.45) is 1.85. The highest BCUT2D eigenvalue weighted by atomic mass is 16.3. The Kier molecular flexibility index (Phi) is 8.57. The zero-order valence-electron chi connectivity index (χ0n) is 29.1. The number of anilines is 6. The molecule has 53 heavy (non-hydrogen) atoms. The zero-order chi connectivity index (χ0) is 35.4.